The molecule has 1 aromatic rings. The van der Waals surface area contributed by atoms with Crippen LogP contribution in [-0.4, -0.2) is 71.2 Å². The van der Waals surface area contributed by atoms with Gasteiger partial charge in [0.15, 0.2) is 0 Å². The van der Waals surface area contributed by atoms with Gasteiger partial charge >= 0.3 is 0 Å². The highest BCUT2D eigenvalue weighted by atomic mass is 32.2. The normalized spacial score (nSPS) is 19.9. The molecule has 0 unspecified atom stereocenters. The molecular weight excluding hydrogens is 316 g/mol. The first-order chi connectivity index (χ1) is 10.9. The Hall–Kier alpha value is -1.15. The van der Waals surface area contributed by atoms with Crippen molar-refractivity contribution in [2.75, 3.05) is 47.5 Å². The highest BCUT2D eigenvalue weighted by Gasteiger charge is 2.30. The zero-order chi connectivity index (χ0) is 16.9. The van der Waals surface area contributed by atoms with Crippen molar-refractivity contribution in [3.63, 3.8) is 0 Å². The van der Waals surface area contributed by atoms with Crippen LogP contribution >= 0.6 is 0 Å². The van der Waals surface area contributed by atoms with Gasteiger partial charge in [-0.3, -0.25) is 0 Å². The van der Waals surface area contributed by atoms with Gasteiger partial charge in [0.25, 0.3) is 0 Å². The van der Waals surface area contributed by atoms with Crippen LogP contribution in [0.15, 0.2) is 29.2 Å². The van der Waals surface area contributed by atoms with Gasteiger partial charge in [0, 0.05) is 26.2 Å². The molecule has 1 fully saturated rings. The van der Waals surface area contributed by atoms with Gasteiger partial charge in [0.1, 0.15) is 12.4 Å². The Morgan fingerprint density at radius 1 is 1.22 bits per heavy atom. The molecule has 0 N–H and O–H groups in total. The fourth-order valence-electron chi connectivity index (χ4n) is 2.66. The zero-order valence-corrected chi connectivity index (χ0v) is 14.9. The summed E-state index contributed by atoms with van der Waals surface area (Å²) in [5.74, 6) is 0.644. The average molecular weight is 342 g/mol. The summed E-state index contributed by atoms with van der Waals surface area (Å²) in [6.45, 7) is 2.07. The lowest BCUT2D eigenvalue weighted by molar-refractivity contribution is 0.146. The number of ether oxygens (including phenoxy) is 2. The number of sulfonamides is 1. The minimum absolute atomic E-state index is 0.273. The molecule has 1 aliphatic rings. The van der Waals surface area contributed by atoms with Crippen molar-refractivity contribution >= 4 is 10.0 Å². The van der Waals surface area contributed by atoms with Crippen molar-refractivity contribution in [1.82, 2.24) is 9.21 Å². The number of piperidine rings is 1. The van der Waals surface area contributed by atoms with E-state index in [0.29, 0.717) is 36.9 Å². The molecule has 1 aromatic carbocycles. The second kappa shape index (κ2) is 8.10. The Balaban J connectivity index is 2.06. The summed E-state index contributed by atoms with van der Waals surface area (Å²) >= 11 is 0. The fraction of sp³-hybridized carbons (Fsp3) is 0.625. The van der Waals surface area contributed by atoms with Crippen LogP contribution in [-0.2, 0) is 14.8 Å². The summed E-state index contributed by atoms with van der Waals surface area (Å²) in [6, 6.07) is 6.87. The van der Waals surface area contributed by atoms with Crippen LogP contribution in [0.3, 0.4) is 0 Å². The molecule has 0 spiro atoms. The maximum atomic E-state index is 12.8. The Kier molecular flexibility index (Phi) is 6.41. The van der Waals surface area contributed by atoms with Gasteiger partial charge in [-0.05, 0) is 51.2 Å². The van der Waals surface area contributed by atoms with Gasteiger partial charge in [-0.25, -0.2) is 8.42 Å². The predicted octanol–water partition coefficient (Wildman–Crippen LogP) is 1.43. The molecule has 7 heteroatoms. The highest BCUT2D eigenvalue weighted by molar-refractivity contribution is 7.89. The van der Waals surface area contributed by atoms with Crippen LogP contribution < -0.4 is 4.74 Å². The predicted molar refractivity (Wildman–Crippen MR) is 89.3 cm³/mol. The largest absolute Gasteiger partial charge is 0.491 e. The van der Waals surface area contributed by atoms with Crippen molar-refractivity contribution in [1.29, 1.82) is 0 Å². The molecule has 1 atom stereocenters. The minimum atomic E-state index is -3.44. The van der Waals surface area contributed by atoms with Gasteiger partial charge in [0.2, 0.25) is 10.0 Å². The van der Waals surface area contributed by atoms with E-state index in [9.17, 15) is 8.42 Å². The Morgan fingerprint density at radius 2 is 1.91 bits per heavy atom. The average Bonchev–Trinajstić information content (AvgIpc) is 2.55. The summed E-state index contributed by atoms with van der Waals surface area (Å²) in [4.78, 5) is 2.41. The van der Waals surface area contributed by atoms with Crippen molar-refractivity contribution in [2.24, 2.45) is 0 Å². The molecule has 0 saturated carbocycles. The van der Waals surface area contributed by atoms with E-state index in [1.807, 2.05) is 14.1 Å². The quantitative estimate of drug-likeness (QED) is 0.702. The molecule has 2 rings (SSSR count). The summed E-state index contributed by atoms with van der Waals surface area (Å²) < 4.78 is 37.5. The molecule has 1 saturated heterocycles. The van der Waals surface area contributed by atoms with E-state index in [1.54, 1.807) is 35.7 Å². The summed E-state index contributed by atoms with van der Waals surface area (Å²) in [5.41, 5.74) is 0. The number of likely N-dealkylation sites (N-methyl/N-ethyl adjacent to an activating group) is 1. The molecule has 0 radical (unpaired) electrons. The summed E-state index contributed by atoms with van der Waals surface area (Å²) in [6.07, 6.45) is 1.92. The van der Waals surface area contributed by atoms with E-state index >= 15 is 0 Å². The number of rotatable bonds is 7. The third-order valence-corrected chi connectivity index (χ3v) is 5.99. The van der Waals surface area contributed by atoms with Crippen LogP contribution in [0, 0.1) is 0 Å². The van der Waals surface area contributed by atoms with Gasteiger partial charge in [0.05, 0.1) is 11.5 Å². The minimum Gasteiger partial charge on any atom is -0.491 e. The molecule has 23 heavy (non-hydrogen) atoms. The first-order valence-corrected chi connectivity index (χ1v) is 9.27. The van der Waals surface area contributed by atoms with Gasteiger partial charge in [-0.2, -0.15) is 4.31 Å². The smallest absolute Gasteiger partial charge is 0.243 e. The molecule has 0 aromatic heterocycles. The van der Waals surface area contributed by atoms with E-state index in [1.165, 1.54) is 0 Å². The number of nitrogens with zero attached hydrogens (tertiary/aromatic N) is 2. The maximum Gasteiger partial charge on any atom is 0.243 e. The number of hydrogen-bond donors (Lipinski definition) is 0. The van der Waals surface area contributed by atoms with Gasteiger partial charge in [-0.15, -0.1) is 0 Å². The lowest BCUT2D eigenvalue weighted by Crippen LogP contribution is -2.47. The van der Waals surface area contributed by atoms with E-state index in [0.717, 1.165) is 12.8 Å². The zero-order valence-electron chi connectivity index (χ0n) is 14.1. The second-order valence-electron chi connectivity index (χ2n) is 5.94. The van der Waals surface area contributed by atoms with E-state index in [2.05, 4.69) is 4.90 Å². The molecule has 130 valence electrons. The molecule has 0 amide bonds. The number of methoxy groups -OCH3 is 1. The van der Waals surface area contributed by atoms with Gasteiger partial charge in [-0.1, -0.05) is 0 Å². The third-order valence-electron chi connectivity index (χ3n) is 4.11. The van der Waals surface area contributed by atoms with Crippen molar-refractivity contribution < 1.29 is 17.9 Å². The Labute approximate surface area is 139 Å². The van der Waals surface area contributed by atoms with Crippen LogP contribution in [0.1, 0.15) is 12.8 Å². The molecule has 1 heterocycles. The Morgan fingerprint density at radius 3 is 2.52 bits per heavy atom. The molecule has 0 aliphatic carbocycles. The van der Waals surface area contributed by atoms with Crippen LogP contribution in [0.5, 0.6) is 5.75 Å². The topological polar surface area (TPSA) is 59.1 Å². The standard InChI is InChI=1S/C16H26N2O4S/c1-17(2)14-5-4-10-18(13-14)23(19,20)16-8-6-15(7-9-16)22-12-11-21-3/h6-9,14H,4-5,10-13H2,1-3H3/t14-/m0/s1. The van der Waals surface area contributed by atoms with Crippen LogP contribution in [0.25, 0.3) is 0 Å². The lowest BCUT2D eigenvalue weighted by Gasteiger charge is -2.35. The molecule has 1 aliphatic heterocycles. The fourth-order valence-corrected chi connectivity index (χ4v) is 4.18. The first kappa shape index (κ1) is 18.2. The van der Waals surface area contributed by atoms with Gasteiger partial charge < -0.3 is 14.4 Å². The first-order valence-electron chi connectivity index (χ1n) is 7.83. The highest BCUT2D eigenvalue weighted by Crippen LogP contribution is 2.24. The SMILES string of the molecule is COCCOc1ccc(S(=O)(=O)N2CCC[C@H](N(C)C)C2)cc1. The summed E-state index contributed by atoms with van der Waals surface area (Å²) in [7, 11) is 2.15. The van der Waals surface area contributed by atoms with Crippen molar-refractivity contribution in [3.8, 4) is 5.75 Å². The van der Waals surface area contributed by atoms with Crippen LogP contribution in [0.2, 0.25) is 0 Å². The number of hydrogen-bond acceptors (Lipinski definition) is 5. The van der Waals surface area contributed by atoms with E-state index in [-0.39, 0.29) is 6.04 Å². The van der Waals surface area contributed by atoms with Crippen LogP contribution in [0.4, 0.5) is 0 Å². The lowest BCUT2D eigenvalue weighted by atomic mass is 10.1. The molecule has 0 bridgehead atoms. The van der Waals surface area contributed by atoms with E-state index < -0.39 is 10.0 Å². The summed E-state index contributed by atoms with van der Waals surface area (Å²) in [5, 5.41) is 0. The Bertz CT molecular complexity index is 587. The maximum absolute atomic E-state index is 12.8. The van der Waals surface area contributed by atoms with Crippen molar-refractivity contribution in [2.45, 2.75) is 23.8 Å². The van der Waals surface area contributed by atoms with Crippen molar-refractivity contribution in [3.05, 3.63) is 24.3 Å². The monoisotopic (exact) mass is 342 g/mol. The number of benzene rings is 1. The molecule has 6 nitrogen and oxygen atoms in total. The molecular formula is C16H26N2O4S. The van der Waals surface area contributed by atoms with E-state index in [4.69, 9.17) is 9.47 Å². The third kappa shape index (κ3) is 4.67. The second-order valence-corrected chi connectivity index (χ2v) is 7.87.